The van der Waals surface area contributed by atoms with Gasteiger partial charge in [0.1, 0.15) is 0 Å². The summed E-state index contributed by atoms with van der Waals surface area (Å²) in [5.41, 5.74) is 0. The van der Waals surface area contributed by atoms with Crippen molar-refractivity contribution >= 4 is 11.8 Å². The Labute approximate surface area is 54.1 Å². The van der Waals surface area contributed by atoms with Gasteiger partial charge in [0, 0.05) is 0 Å². The molecule has 1 unspecified atom stereocenters. The van der Waals surface area contributed by atoms with Gasteiger partial charge in [-0.1, -0.05) is 0 Å². The fourth-order valence-electron chi connectivity index (χ4n) is 0.750. The molecule has 2 heteroatoms. The van der Waals surface area contributed by atoms with Crippen molar-refractivity contribution in [2.75, 3.05) is 6.26 Å². The van der Waals surface area contributed by atoms with Crippen LogP contribution < -0.4 is 0 Å². The molecule has 0 aromatic heterocycles. The second kappa shape index (κ2) is 2.41. The van der Waals surface area contributed by atoms with Crippen molar-refractivity contribution in [2.24, 2.45) is 5.92 Å². The van der Waals surface area contributed by atoms with Gasteiger partial charge in [-0.2, -0.15) is 5.26 Å². The van der Waals surface area contributed by atoms with Crippen molar-refractivity contribution in [3.8, 4) is 6.07 Å². The van der Waals surface area contributed by atoms with E-state index in [2.05, 4.69) is 6.07 Å². The Morgan fingerprint density at radius 1 is 1.75 bits per heavy atom. The first-order valence-corrected chi connectivity index (χ1v) is 4.09. The van der Waals surface area contributed by atoms with Crippen LogP contribution in [0.1, 0.15) is 12.8 Å². The molecular weight excluding hydrogens is 118 g/mol. The van der Waals surface area contributed by atoms with Crippen LogP contribution in [0.3, 0.4) is 0 Å². The van der Waals surface area contributed by atoms with E-state index < -0.39 is 0 Å². The highest BCUT2D eigenvalue weighted by Crippen LogP contribution is 2.37. The second-order valence-electron chi connectivity index (χ2n) is 2.12. The molecule has 0 bridgehead atoms. The predicted octanol–water partition coefficient (Wildman–Crippen LogP) is 1.65. The Hall–Kier alpha value is -0.160. The quantitative estimate of drug-likeness (QED) is 0.563. The minimum Gasteiger partial charge on any atom is -0.197 e. The maximum absolute atomic E-state index is 8.47. The molecule has 0 amide bonds. The highest BCUT2D eigenvalue weighted by atomic mass is 32.2. The molecule has 8 heavy (non-hydrogen) atoms. The average Bonchev–Trinajstić information content (AvgIpc) is 2.53. The lowest BCUT2D eigenvalue weighted by Gasteiger charge is -1.98. The number of nitrogens with zero attached hydrogens (tertiary/aromatic N) is 1. The Morgan fingerprint density at radius 3 is 2.50 bits per heavy atom. The van der Waals surface area contributed by atoms with Gasteiger partial charge in [0.05, 0.1) is 11.3 Å². The minimum absolute atomic E-state index is 0.287. The average molecular weight is 127 g/mol. The van der Waals surface area contributed by atoms with Crippen molar-refractivity contribution in [1.29, 1.82) is 5.26 Å². The van der Waals surface area contributed by atoms with Crippen molar-refractivity contribution in [3.63, 3.8) is 0 Å². The Morgan fingerprint density at radius 2 is 2.38 bits per heavy atom. The lowest BCUT2D eigenvalue weighted by atomic mass is 10.3. The van der Waals surface area contributed by atoms with Crippen LogP contribution >= 0.6 is 11.8 Å². The van der Waals surface area contributed by atoms with Crippen LogP contribution in [0.15, 0.2) is 0 Å². The van der Waals surface area contributed by atoms with Gasteiger partial charge in [0.2, 0.25) is 0 Å². The maximum Gasteiger partial charge on any atom is 0.0941 e. The standard InChI is InChI=1S/C6H9NS/c1-8-6(4-7)5-2-3-5/h5-6H,2-3H2,1H3. The molecule has 0 radical (unpaired) electrons. The molecule has 0 heterocycles. The van der Waals surface area contributed by atoms with Gasteiger partial charge in [-0.05, 0) is 25.0 Å². The molecule has 1 fully saturated rings. The molecule has 0 N–H and O–H groups in total. The monoisotopic (exact) mass is 127 g/mol. The highest BCUT2D eigenvalue weighted by Gasteiger charge is 2.30. The molecular formula is C6H9NS. The molecule has 0 aliphatic heterocycles. The fraction of sp³-hybridized carbons (Fsp3) is 0.833. The lowest BCUT2D eigenvalue weighted by Crippen LogP contribution is -1.98. The Kier molecular flexibility index (Phi) is 1.80. The van der Waals surface area contributed by atoms with E-state index in [1.165, 1.54) is 12.8 Å². The van der Waals surface area contributed by atoms with Crippen LogP contribution in [0.4, 0.5) is 0 Å². The van der Waals surface area contributed by atoms with Crippen LogP contribution in [0, 0.1) is 17.2 Å². The molecule has 0 spiro atoms. The zero-order valence-corrected chi connectivity index (χ0v) is 5.74. The van der Waals surface area contributed by atoms with E-state index in [4.69, 9.17) is 5.26 Å². The van der Waals surface area contributed by atoms with Gasteiger partial charge < -0.3 is 0 Å². The fourth-order valence-corrected chi connectivity index (χ4v) is 1.51. The largest absolute Gasteiger partial charge is 0.197 e. The molecule has 44 valence electrons. The summed E-state index contributed by atoms with van der Waals surface area (Å²) < 4.78 is 0. The molecule has 0 aromatic carbocycles. The molecule has 0 aromatic rings. The van der Waals surface area contributed by atoms with Crippen LogP contribution in [0.25, 0.3) is 0 Å². The summed E-state index contributed by atoms with van der Waals surface area (Å²) >= 11 is 1.68. The number of hydrogen-bond acceptors (Lipinski definition) is 2. The summed E-state index contributed by atoms with van der Waals surface area (Å²) in [4.78, 5) is 0. The Balaban J connectivity index is 2.29. The van der Waals surface area contributed by atoms with E-state index in [-0.39, 0.29) is 5.25 Å². The second-order valence-corrected chi connectivity index (χ2v) is 3.10. The number of nitriles is 1. The summed E-state index contributed by atoms with van der Waals surface area (Å²) in [6.07, 6.45) is 4.56. The molecule has 0 saturated heterocycles. The third-order valence-corrected chi connectivity index (χ3v) is 2.43. The summed E-state index contributed by atoms with van der Waals surface area (Å²) in [6.45, 7) is 0. The van der Waals surface area contributed by atoms with Gasteiger partial charge in [-0.15, -0.1) is 11.8 Å². The minimum atomic E-state index is 0.287. The van der Waals surface area contributed by atoms with Crippen LogP contribution in [-0.2, 0) is 0 Å². The number of hydrogen-bond donors (Lipinski definition) is 0. The predicted molar refractivity (Wildman–Crippen MR) is 35.6 cm³/mol. The first-order chi connectivity index (χ1) is 3.88. The first-order valence-electron chi connectivity index (χ1n) is 2.81. The van der Waals surface area contributed by atoms with E-state index in [0.717, 1.165) is 5.92 Å². The molecule has 1 saturated carbocycles. The van der Waals surface area contributed by atoms with E-state index in [1.54, 1.807) is 11.8 Å². The topological polar surface area (TPSA) is 23.8 Å². The summed E-state index contributed by atoms with van der Waals surface area (Å²) in [5.74, 6) is 0.731. The summed E-state index contributed by atoms with van der Waals surface area (Å²) in [7, 11) is 0. The zero-order chi connectivity index (χ0) is 5.98. The third-order valence-electron chi connectivity index (χ3n) is 1.43. The van der Waals surface area contributed by atoms with Crippen molar-refractivity contribution in [2.45, 2.75) is 18.1 Å². The first kappa shape index (κ1) is 5.97. The number of rotatable bonds is 2. The maximum atomic E-state index is 8.47. The SMILES string of the molecule is CSC(C#N)C1CC1. The van der Waals surface area contributed by atoms with Gasteiger partial charge in [0.25, 0.3) is 0 Å². The molecule has 1 aliphatic carbocycles. The molecule has 1 atom stereocenters. The normalized spacial score (nSPS) is 22.0. The van der Waals surface area contributed by atoms with E-state index in [1.807, 2.05) is 6.26 Å². The van der Waals surface area contributed by atoms with Crippen molar-refractivity contribution in [3.05, 3.63) is 0 Å². The van der Waals surface area contributed by atoms with Gasteiger partial charge >= 0.3 is 0 Å². The smallest absolute Gasteiger partial charge is 0.0941 e. The molecule has 1 nitrogen and oxygen atoms in total. The van der Waals surface area contributed by atoms with Crippen LogP contribution in [-0.4, -0.2) is 11.5 Å². The van der Waals surface area contributed by atoms with E-state index in [0.29, 0.717) is 0 Å². The van der Waals surface area contributed by atoms with Crippen molar-refractivity contribution in [1.82, 2.24) is 0 Å². The summed E-state index contributed by atoms with van der Waals surface area (Å²) in [5, 5.41) is 8.75. The Bertz CT molecular complexity index is 112. The zero-order valence-electron chi connectivity index (χ0n) is 4.92. The summed E-state index contributed by atoms with van der Waals surface area (Å²) in [6, 6.07) is 2.28. The highest BCUT2D eigenvalue weighted by molar-refractivity contribution is 7.99. The van der Waals surface area contributed by atoms with E-state index >= 15 is 0 Å². The lowest BCUT2D eigenvalue weighted by molar-refractivity contribution is 0.893. The van der Waals surface area contributed by atoms with E-state index in [9.17, 15) is 0 Å². The van der Waals surface area contributed by atoms with Gasteiger partial charge in [0.15, 0.2) is 0 Å². The van der Waals surface area contributed by atoms with Crippen LogP contribution in [0.2, 0.25) is 0 Å². The molecule has 1 aliphatic rings. The van der Waals surface area contributed by atoms with Gasteiger partial charge in [-0.25, -0.2) is 0 Å². The van der Waals surface area contributed by atoms with Gasteiger partial charge in [-0.3, -0.25) is 0 Å². The number of thioether (sulfide) groups is 1. The third kappa shape index (κ3) is 1.16. The van der Waals surface area contributed by atoms with Crippen molar-refractivity contribution < 1.29 is 0 Å². The van der Waals surface area contributed by atoms with Crippen LogP contribution in [0.5, 0.6) is 0 Å². The molecule has 1 rings (SSSR count).